The van der Waals surface area contributed by atoms with E-state index in [2.05, 4.69) is 9.97 Å². The van der Waals surface area contributed by atoms with Gasteiger partial charge in [-0.05, 0) is 30.9 Å². The van der Waals surface area contributed by atoms with E-state index in [1.165, 1.54) is 12.8 Å². The number of hydrogen-bond donors (Lipinski definition) is 0. The van der Waals surface area contributed by atoms with Crippen molar-refractivity contribution < 1.29 is 0 Å². The van der Waals surface area contributed by atoms with Gasteiger partial charge in [0.15, 0.2) is 5.65 Å². The molecule has 1 saturated carbocycles. The van der Waals surface area contributed by atoms with Crippen LogP contribution in [-0.2, 0) is 6.54 Å². The Labute approximate surface area is 93.7 Å². The van der Waals surface area contributed by atoms with Gasteiger partial charge in [0.25, 0.3) is 5.56 Å². The average molecular weight is 211 g/mol. The minimum atomic E-state index is -0.224. The number of nitrogens with zero attached hydrogens (tertiary/aromatic N) is 3. The minimum Gasteiger partial charge on any atom is -0.290 e. The maximum atomic E-state index is 11.9. The zero-order valence-corrected chi connectivity index (χ0v) is 8.76. The van der Waals surface area contributed by atoms with E-state index in [-0.39, 0.29) is 11.2 Å². The van der Waals surface area contributed by atoms with E-state index in [9.17, 15) is 4.79 Å². The first kappa shape index (κ1) is 9.57. The molecule has 0 N–H and O–H groups in total. The van der Waals surface area contributed by atoms with Crippen LogP contribution >= 0.6 is 0 Å². The van der Waals surface area contributed by atoms with Crippen LogP contribution in [0.5, 0.6) is 0 Å². The van der Waals surface area contributed by atoms with E-state index in [1.54, 1.807) is 16.8 Å². The summed E-state index contributed by atoms with van der Waals surface area (Å²) in [5.74, 6) is 0.602. The standard InChI is InChI=1S/C11H10BN3O/c12-9-11(16)15(6-7-3-4-7)10-8(14-9)2-1-5-13-10/h1-2,5,7H,3-4,6H2. The maximum Gasteiger partial charge on any atom is 0.262 e. The topological polar surface area (TPSA) is 47.8 Å². The number of rotatable bonds is 2. The Balaban J connectivity index is 2.27. The Kier molecular flexibility index (Phi) is 2.06. The van der Waals surface area contributed by atoms with Crippen molar-refractivity contribution in [2.45, 2.75) is 19.4 Å². The van der Waals surface area contributed by atoms with Crippen LogP contribution in [0.1, 0.15) is 12.8 Å². The zero-order valence-electron chi connectivity index (χ0n) is 8.76. The zero-order chi connectivity index (χ0) is 11.1. The first-order chi connectivity index (χ1) is 7.75. The van der Waals surface area contributed by atoms with Gasteiger partial charge in [-0.25, -0.2) is 4.98 Å². The van der Waals surface area contributed by atoms with Crippen molar-refractivity contribution in [1.29, 1.82) is 0 Å². The van der Waals surface area contributed by atoms with Crippen molar-refractivity contribution in [3.05, 3.63) is 28.7 Å². The summed E-state index contributed by atoms with van der Waals surface area (Å²) in [4.78, 5) is 20.1. The summed E-state index contributed by atoms with van der Waals surface area (Å²) in [5, 5.41) is 0. The highest BCUT2D eigenvalue weighted by Crippen LogP contribution is 2.30. The Morgan fingerprint density at radius 2 is 2.31 bits per heavy atom. The van der Waals surface area contributed by atoms with Crippen molar-refractivity contribution in [3.8, 4) is 0 Å². The second kappa shape index (κ2) is 3.44. The third-order valence-corrected chi connectivity index (χ3v) is 2.86. The summed E-state index contributed by atoms with van der Waals surface area (Å²) in [6.45, 7) is 0.707. The molecule has 1 aliphatic rings. The fraction of sp³-hybridized carbons (Fsp3) is 0.364. The number of hydrogen-bond acceptors (Lipinski definition) is 3. The van der Waals surface area contributed by atoms with Crippen LogP contribution < -0.4 is 11.2 Å². The molecule has 0 amide bonds. The summed E-state index contributed by atoms with van der Waals surface area (Å²) in [5.41, 5.74) is 1.15. The molecule has 0 aliphatic heterocycles. The van der Waals surface area contributed by atoms with Gasteiger partial charge in [-0.15, -0.1) is 0 Å². The lowest BCUT2D eigenvalue weighted by Gasteiger charge is -2.09. The molecule has 78 valence electrons. The van der Waals surface area contributed by atoms with Gasteiger partial charge in [-0.2, -0.15) is 0 Å². The van der Waals surface area contributed by atoms with E-state index in [4.69, 9.17) is 7.85 Å². The molecule has 0 unspecified atom stereocenters. The van der Waals surface area contributed by atoms with Crippen molar-refractivity contribution >= 4 is 24.6 Å². The van der Waals surface area contributed by atoms with Gasteiger partial charge >= 0.3 is 0 Å². The summed E-state index contributed by atoms with van der Waals surface area (Å²) in [6, 6.07) is 3.61. The normalized spacial score (nSPS) is 15.5. The Bertz CT molecular complexity index is 604. The highest BCUT2D eigenvalue weighted by Gasteiger charge is 2.23. The molecule has 0 aromatic carbocycles. The number of fused-ring (bicyclic) bond motifs is 1. The Hall–Kier alpha value is -1.65. The van der Waals surface area contributed by atoms with Crippen LogP contribution in [-0.4, -0.2) is 22.4 Å². The highest BCUT2D eigenvalue weighted by atomic mass is 16.1. The molecule has 2 heterocycles. The average Bonchev–Trinajstić information content (AvgIpc) is 3.08. The van der Waals surface area contributed by atoms with Crippen LogP contribution in [0.2, 0.25) is 0 Å². The van der Waals surface area contributed by atoms with Gasteiger partial charge in [0.05, 0.1) is 5.59 Å². The minimum absolute atomic E-state index is 0.0566. The third-order valence-electron chi connectivity index (χ3n) is 2.86. The summed E-state index contributed by atoms with van der Waals surface area (Å²) < 4.78 is 1.65. The molecule has 2 aromatic rings. The van der Waals surface area contributed by atoms with Crippen LogP contribution in [0.4, 0.5) is 0 Å². The predicted octanol–water partition coefficient (Wildman–Crippen LogP) is -0.00470. The molecule has 4 nitrogen and oxygen atoms in total. The maximum absolute atomic E-state index is 11.9. The molecule has 0 saturated heterocycles. The summed E-state index contributed by atoms with van der Waals surface area (Å²) in [7, 11) is 5.61. The van der Waals surface area contributed by atoms with Gasteiger partial charge < -0.3 is 0 Å². The Morgan fingerprint density at radius 3 is 3.06 bits per heavy atom. The molecule has 2 aromatic heterocycles. The van der Waals surface area contributed by atoms with Crippen molar-refractivity contribution in [2.75, 3.05) is 0 Å². The molecule has 0 bridgehead atoms. The van der Waals surface area contributed by atoms with Gasteiger partial charge in [-0.3, -0.25) is 14.3 Å². The van der Waals surface area contributed by atoms with E-state index in [1.807, 2.05) is 6.07 Å². The van der Waals surface area contributed by atoms with Gasteiger partial charge in [0, 0.05) is 12.7 Å². The molecule has 2 radical (unpaired) electrons. The van der Waals surface area contributed by atoms with E-state index < -0.39 is 0 Å². The van der Waals surface area contributed by atoms with Gasteiger partial charge in [-0.1, -0.05) is 0 Å². The smallest absolute Gasteiger partial charge is 0.262 e. The second-order valence-corrected chi connectivity index (χ2v) is 4.20. The fourth-order valence-electron chi connectivity index (χ4n) is 1.82. The monoisotopic (exact) mass is 211 g/mol. The first-order valence-corrected chi connectivity index (χ1v) is 5.37. The van der Waals surface area contributed by atoms with Crippen molar-refractivity contribution in [2.24, 2.45) is 5.92 Å². The second-order valence-electron chi connectivity index (χ2n) is 4.20. The lowest BCUT2D eigenvalue weighted by Crippen LogP contribution is -2.37. The van der Waals surface area contributed by atoms with E-state index in [0.717, 1.165) is 0 Å². The third kappa shape index (κ3) is 1.52. The van der Waals surface area contributed by atoms with Crippen LogP contribution in [0.15, 0.2) is 23.1 Å². The van der Waals surface area contributed by atoms with Crippen LogP contribution in [0, 0.1) is 5.92 Å². The molecule has 0 atom stereocenters. The lowest BCUT2D eigenvalue weighted by molar-refractivity contribution is 0.622. The predicted molar refractivity (Wildman–Crippen MR) is 61.9 cm³/mol. The van der Waals surface area contributed by atoms with Crippen molar-refractivity contribution in [1.82, 2.24) is 14.5 Å². The number of aromatic nitrogens is 3. The lowest BCUT2D eigenvalue weighted by atomic mass is 10.1. The van der Waals surface area contributed by atoms with Gasteiger partial charge in [0.1, 0.15) is 13.4 Å². The summed E-state index contributed by atoms with van der Waals surface area (Å²) in [6.07, 6.45) is 4.04. The molecule has 5 heteroatoms. The molecule has 3 rings (SSSR count). The molecule has 1 aliphatic carbocycles. The first-order valence-electron chi connectivity index (χ1n) is 5.37. The molecule has 1 fully saturated rings. The number of pyridine rings is 1. The quantitative estimate of drug-likeness (QED) is 0.656. The summed E-state index contributed by atoms with van der Waals surface area (Å²) >= 11 is 0. The van der Waals surface area contributed by atoms with E-state index in [0.29, 0.717) is 23.6 Å². The van der Waals surface area contributed by atoms with Crippen LogP contribution in [0.3, 0.4) is 0 Å². The fourth-order valence-corrected chi connectivity index (χ4v) is 1.82. The van der Waals surface area contributed by atoms with Crippen molar-refractivity contribution in [3.63, 3.8) is 0 Å². The van der Waals surface area contributed by atoms with E-state index >= 15 is 0 Å². The van der Waals surface area contributed by atoms with Gasteiger partial charge in [0.2, 0.25) is 0 Å². The SMILES string of the molecule is [B]c1nc2cccnc2n(CC2CC2)c1=O. The van der Waals surface area contributed by atoms with Crippen LogP contribution in [0.25, 0.3) is 11.2 Å². The highest BCUT2D eigenvalue weighted by molar-refractivity contribution is 6.30. The molecule has 0 spiro atoms. The molecular weight excluding hydrogens is 201 g/mol. The molecule has 16 heavy (non-hydrogen) atoms. The Morgan fingerprint density at radius 1 is 1.50 bits per heavy atom. The molecular formula is C11H10BN3O. The largest absolute Gasteiger partial charge is 0.290 e.